The van der Waals surface area contributed by atoms with Crippen molar-refractivity contribution in [1.29, 1.82) is 0 Å². The molecule has 136 valence electrons. The van der Waals surface area contributed by atoms with Crippen LogP contribution in [0.5, 0.6) is 0 Å². The summed E-state index contributed by atoms with van der Waals surface area (Å²) in [6.45, 7) is 0.577. The lowest BCUT2D eigenvalue weighted by Gasteiger charge is -2.52. The second-order valence-electron chi connectivity index (χ2n) is 7.38. The number of aliphatic hydroxyl groups is 1. The lowest BCUT2D eigenvalue weighted by Crippen LogP contribution is -2.58. The third-order valence-corrected chi connectivity index (χ3v) is 5.97. The van der Waals surface area contributed by atoms with Crippen molar-refractivity contribution in [3.8, 4) is 0 Å². The predicted molar refractivity (Wildman–Crippen MR) is 100 cm³/mol. The van der Waals surface area contributed by atoms with Gasteiger partial charge in [-0.25, -0.2) is 0 Å². The number of benzene rings is 1. The second-order valence-corrected chi connectivity index (χ2v) is 7.38. The molecule has 4 heteroatoms. The monoisotopic (exact) mass is 351 g/mol. The van der Waals surface area contributed by atoms with Crippen LogP contribution >= 0.6 is 0 Å². The van der Waals surface area contributed by atoms with Crippen molar-refractivity contribution < 1.29 is 14.3 Å². The van der Waals surface area contributed by atoms with Crippen LogP contribution in [0.15, 0.2) is 59.2 Å². The Labute approximate surface area is 154 Å². The minimum Gasteiger partial charge on any atom is -0.465 e. The Morgan fingerprint density at radius 1 is 1.15 bits per heavy atom. The van der Waals surface area contributed by atoms with Gasteiger partial charge < -0.3 is 14.4 Å². The van der Waals surface area contributed by atoms with Gasteiger partial charge in [0.25, 0.3) is 0 Å². The maximum absolute atomic E-state index is 12.8. The molecule has 4 nitrogen and oxygen atoms in total. The van der Waals surface area contributed by atoms with Crippen LogP contribution in [0.3, 0.4) is 0 Å². The molecule has 3 atom stereocenters. The quantitative estimate of drug-likeness (QED) is 0.851. The molecule has 2 aromatic rings. The molecule has 1 amide bonds. The molecular weight excluding hydrogens is 326 g/mol. The van der Waals surface area contributed by atoms with Crippen molar-refractivity contribution in [2.75, 3.05) is 6.54 Å². The summed E-state index contributed by atoms with van der Waals surface area (Å²) < 4.78 is 5.27. The molecule has 2 heterocycles. The Bertz CT molecular complexity index is 768. The van der Waals surface area contributed by atoms with E-state index in [0.29, 0.717) is 18.7 Å². The molecule has 1 saturated carbocycles. The number of furan rings is 1. The van der Waals surface area contributed by atoms with Crippen LogP contribution in [-0.4, -0.2) is 28.5 Å². The number of hydrogen-bond acceptors (Lipinski definition) is 3. The molecule has 0 radical (unpaired) electrons. The van der Waals surface area contributed by atoms with Gasteiger partial charge in [-0.1, -0.05) is 43.2 Å². The average Bonchev–Trinajstić information content (AvgIpc) is 3.21. The van der Waals surface area contributed by atoms with Gasteiger partial charge in [0.1, 0.15) is 5.76 Å². The fourth-order valence-corrected chi connectivity index (χ4v) is 4.68. The SMILES string of the molecule is O=C(C=Cc1ccco1)N1CC[C@@](O)(c2ccccc2)[C@@H]2CCCC[C@H]21. The third-order valence-electron chi connectivity index (χ3n) is 5.97. The number of piperidine rings is 1. The smallest absolute Gasteiger partial charge is 0.246 e. The van der Waals surface area contributed by atoms with Crippen LogP contribution in [0.1, 0.15) is 43.4 Å². The first-order chi connectivity index (χ1) is 12.7. The van der Waals surface area contributed by atoms with Crippen molar-refractivity contribution >= 4 is 12.0 Å². The largest absolute Gasteiger partial charge is 0.465 e. The van der Waals surface area contributed by atoms with Crippen LogP contribution in [0.25, 0.3) is 6.08 Å². The first kappa shape index (κ1) is 17.1. The number of hydrogen-bond donors (Lipinski definition) is 1. The zero-order chi connectivity index (χ0) is 18.0. The molecule has 1 aliphatic heterocycles. The molecule has 2 fully saturated rings. The number of amides is 1. The van der Waals surface area contributed by atoms with E-state index in [1.165, 1.54) is 0 Å². The Balaban J connectivity index is 1.57. The van der Waals surface area contributed by atoms with Crippen LogP contribution in [0, 0.1) is 5.92 Å². The van der Waals surface area contributed by atoms with Crippen LogP contribution in [0.2, 0.25) is 0 Å². The number of likely N-dealkylation sites (tertiary alicyclic amines) is 1. The molecular formula is C22H25NO3. The first-order valence-electron chi connectivity index (χ1n) is 9.48. The van der Waals surface area contributed by atoms with Crippen LogP contribution < -0.4 is 0 Å². The number of carbonyl (C=O) groups excluding carboxylic acids is 1. The summed E-state index contributed by atoms with van der Waals surface area (Å²) in [7, 11) is 0. The van der Waals surface area contributed by atoms with Crippen molar-refractivity contribution in [2.45, 2.75) is 43.7 Å². The molecule has 1 aliphatic carbocycles. The normalized spacial score (nSPS) is 28.9. The molecule has 0 spiro atoms. The van der Waals surface area contributed by atoms with E-state index in [9.17, 15) is 9.90 Å². The van der Waals surface area contributed by atoms with E-state index < -0.39 is 5.60 Å². The van der Waals surface area contributed by atoms with E-state index in [4.69, 9.17) is 4.42 Å². The maximum Gasteiger partial charge on any atom is 0.246 e. The van der Waals surface area contributed by atoms with Gasteiger partial charge in [0, 0.05) is 24.6 Å². The first-order valence-corrected chi connectivity index (χ1v) is 9.48. The Hall–Kier alpha value is -2.33. The highest BCUT2D eigenvalue weighted by molar-refractivity contribution is 5.91. The summed E-state index contributed by atoms with van der Waals surface area (Å²) in [6.07, 6.45) is 9.64. The van der Waals surface area contributed by atoms with Gasteiger partial charge in [-0.3, -0.25) is 4.79 Å². The van der Waals surface area contributed by atoms with E-state index in [-0.39, 0.29) is 17.9 Å². The Kier molecular flexibility index (Phi) is 4.68. The molecule has 0 unspecified atom stereocenters. The summed E-state index contributed by atoms with van der Waals surface area (Å²) in [5.41, 5.74) is 0.142. The van der Waals surface area contributed by atoms with Crippen molar-refractivity contribution in [3.05, 3.63) is 66.1 Å². The van der Waals surface area contributed by atoms with E-state index >= 15 is 0 Å². The summed E-state index contributed by atoms with van der Waals surface area (Å²) in [5.74, 6) is 0.776. The van der Waals surface area contributed by atoms with E-state index in [1.807, 2.05) is 47.4 Å². The number of carbonyl (C=O) groups is 1. The fraction of sp³-hybridized carbons (Fsp3) is 0.409. The molecule has 0 bridgehead atoms. The van der Waals surface area contributed by atoms with Gasteiger partial charge in [0.2, 0.25) is 5.91 Å². The molecule has 4 rings (SSSR count). The Morgan fingerprint density at radius 3 is 2.73 bits per heavy atom. The van der Waals surface area contributed by atoms with Crippen LogP contribution in [0.4, 0.5) is 0 Å². The van der Waals surface area contributed by atoms with Crippen LogP contribution in [-0.2, 0) is 10.4 Å². The molecule has 1 aromatic carbocycles. The highest BCUT2D eigenvalue weighted by Crippen LogP contribution is 2.46. The standard InChI is InChI=1S/C22H25NO3/c24-21(13-12-18-9-6-16-26-18)23-15-14-22(25,17-7-2-1-3-8-17)19-10-4-5-11-20(19)23/h1-3,6-9,12-13,16,19-20,25H,4-5,10-11,14-15H2/t19-,20-,22-/m1/s1. The maximum atomic E-state index is 12.8. The lowest BCUT2D eigenvalue weighted by molar-refractivity contribution is -0.150. The molecule has 1 N–H and O–H groups in total. The number of rotatable bonds is 3. The molecule has 26 heavy (non-hydrogen) atoms. The molecule has 2 aliphatic rings. The van der Waals surface area contributed by atoms with Crippen molar-refractivity contribution in [3.63, 3.8) is 0 Å². The van der Waals surface area contributed by atoms with E-state index in [2.05, 4.69) is 0 Å². The summed E-state index contributed by atoms with van der Waals surface area (Å²) in [6, 6.07) is 13.7. The highest BCUT2D eigenvalue weighted by Gasteiger charge is 2.49. The third kappa shape index (κ3) is 3.10. The minimum absolute atomic E-state index is 0.00779. The molecule has 1 aromatic heterocycles. The summed E-state index contributed by atoms with van der Waals surface area (Å²) in [4.78, 5) is 14.8. The van der Waals surface area contributed by atoms with Gasteiger partial charge in [0.05, 0.1) is 11.9 Å². The predicted octanol–water partition coefficient (Wildman–Crippen LogP) is 3.97. The highest BCUT2D eigenvalue weighted by atomic mass is 16.3. The average molecular weight is 351 g/mol. The zero-order valence-electron chi connectivity index (χ0n) is 14.9. The summed E-state index contributed by atoms with van der Waals surface area (Å²) in [5, 5.41) is 11.5. The minimum atomic E-state index is -0.839. The second kappa shape index (κ2) is 7.12. The zero-order valence-corrected chi connectivity index (χ0v) is 14.9. The van der Waals surface area contributed by atoms with Gasteiger partial charge in [-0.2, -0.15) is 0 Å². The van der Waals surface area contributed by atoms with Gasteiger partial charge in [-0.15, -0.1) is 0 Å². The van der Waals surface area contributed by atoms with Gasteiger partial charge >= 0.3 is 0 Å². The lowest BCUT2D eigenvalue weighted by atomic mass is 9.66. The fourth-order valence-electron chi connectivity index (χ4n) is 4.68. The van der Waals surface area contributed by atoms with E-state index in [0.717, 1.165) is 31.2 Å². The Morgan fingerprint density at radius 2 is 1.96 bits per heavy atom. The van der Waals surface area contributed by atoms with Gasteiger partial charge in [-0.05, 0) is 43.0 Å². The molecule has 1 saturated heterocycles. The van der Waals surface area contributed by atoms with Crippen molar-refractivity contribution in [1.82, 2.24) is 4.90 Å². The number of fused-ring (bicyclic) bond motifs is 1. The van der Waals surface area contributed by atoms with Crippen molar-refractivity contribution in [2.24, 2.45) is 5.92 Å². The number of nitrogens with zero attached hydrogens (tertiary/aromatic N) is 1. The van der Waals surface area contributed by atoms with E-state index in [1.54, 1.807) is 18.4 Å². The topological polar surface area (TPSA) is 53.7 Å². The van der Waals surface area contributed by atoms with Gasteiger partial charge in [0.15, 0.2) is 0 Å². The summed E-state index contributed by atoms with van der Waals surface area (Å²) >= 11 is 0.